The minimum Gasteiger partial charge on any atom is -0.383 e. The van der Waals surface area contributed by atoms with E-state index in [1.54, 1.807) is 4.90 Å². The lowest BCUT2D eigenvalue weighted by molar-refractivity contribution is 0.0692. The maximum absolute atomic E-state index is 13.7. The second-order valence-electron chi connectivity index (χ2n) is 5.09. The number of halogens is 2. The lowest BCUT2D eigenvalue weighted by Crippen LogP contribution is -2.38. The van der Waals surface area contributed by atoms with Gasteiger partial charge in [-0.3, -0.25) is 4.79 Å². The molecule has 0 unspecified atom stereocenters. The summed E-state index contributed by atoms with van der Waals surface area (Å²) in [6.45, 7) is 2.45. The molecule has 0 aromatic heterocycles. The molecule has 1 saturated carbocycles. The summed E-state index contributed by atoms with van der Waals surface area (Å²) in [7, 11) is 1.44. The minimum absolute atomic E-state index is 0.0766. The lowest BCUT2D eigenvalue weighted by Gasteiger charge is -2.28. The van der Waals surface area contributed by atoms with Crippen LogP contribution in [0.1, 0.15) is 43.0 Å². The van der Waals surface area contributed by atoms with E-state index in [1.807, 2.05) is 6.92 Å². The van der Waals surface area contributed by atoms with Gasteiger partial charge < -0.3 is 10.2 Å². The molecule has 1 amide bonds. The Morgan fingerprint density at radius 3 is 2.30 bits per heavy atom. The molecule has 20 heavy (non-hydrogen) atoms. The quantitative estimate of drug-likeness (QED) is 0.918. The number of nitrogens with one attached hydrogen (secondary N) is 1. The fourth-order valence-corrected chi connectivity index (χ4v) is 2.88. The van der Waals surface area contributed by atoms with Crippen LogP contribution in [0, 0.1) is 11.6 Å². The average Bonchev–Trinajstić information content (AvgIpc) is 2.93. The summed E-state index contributed by atoms with van der Waals surface area (Å²) in [5, 5.41) is 2.45. The van der Waals surface area contributed by atoms with Gasteiger partial charge in [0.25, 0.3) is 5.91 Å². The smallest absolute Gasteiger partial charge is 0.254 e. The van der Waals surface area contributed by atoms with Crippen molar-refractivity contribution < 1.29 is 13.6 Å². The third-order valence-electron chi connectivity index (χ3n) is 3.91. The molecule has 1 aliphatic rings. The van der Waals surface area contributed by atoms with Gasteiger partial charge in [-0.2, -0.15) is 0 Å². The molecular weight excluding hydrogens is 262 g/mol. The third kappa shape index (κ3) is 2.76. The van der Waals surface area contributed by atoms with E-state index in [1.165, 1.54) is 7.05 Å². The molecule has 1 aromatic carbocycles. The van der Waals surface area contributed by atoms with E-state index in [0.29, 0.717) is 6.54 Å². The normalized spacial score (nSPS) is 15.4. The van der Waals surface area contributed by atoms with E-state index in [-0.39, 0.29) is 23.2 Å². The highest BCUT2D eigenvalue weighted by molar-refractivity contribution is 5.95. The van der Waals surface area contributed by atoms with Crippen LogP contribution in [0.25, 0.3) is 0 Å². The first kappa shape index (κ1) is 14.8. The number of hydrogen-bond donors (Lipinski definition) is 1. The fraction of sp³-hybridized carbons (Fsp3) is 0.533. The summed E-state index contributed by atoms with van der Waals surface area (Å²) in [6.07, 6.45) is 4.16. The second-order valence-corrected chi connectivity index (χ2v) is 5.09. The molecule has 0 bridgehead atoms. The van der Waals surface area contributed by atoms with E-state index < -0.39 is 11.6 Å². The van der Waals surface area contributed by atoms with Gasteiger partial charge in [-0.1, -0.05) is 12.8 Å². The highest BCUT2D eigenvalue weighted by Crippen LogP contribution is 2.26. The molecule has 5 heteroatoms. The maximum Gasteiger partial charge on any atom is 0.254 e. The van der Waals surface area contributed by atoms with Crippen LogP contribution in [0.3, 0.4) is 0 Å². The van der Waals surface area contributed by atoms with Crippen LogP contribution in [-0.2, 0) is 0 Å². The molecule has 110 valence electrons. The van der Waals surface area contributed by atoms with Crippen molar-refractivity contribution in [2.45, 2.75) is 38.6 Å². The van der Waals surface area contributed by atoms with Crippen LogP contribution in [0.4, 0.5) is 14.5 Å². The Morgan fingerprint density at radius 2 is 1.85 bits per heavy atom. The summed E-state index contributed by atoms with van der Waals surface area (Å²) < 4.78 is 27.5. The fourth-order valence-electron chi connectivity index (χ4n) is 2.88. The molecule has 2 rings (SSSR count). The number of rotatable bonds is 4. The molecule has 0 aliphatic heterocycles. The van der Waals surface area contributed by atoms with Crippen molar-refractivity contribution in [1.82, 2.24) is 4.90 Å². The van der Waals surface area contributed by atoms with Gasteiger partial charge in [0.2, 0.25) is 0 Å². The van der Waals surface area contributed by atoms with Gasteiger partial charge in [0, 0.05) is 25.2 Å². The van der Waals surface area contributed by atoms with Crippen molar-refractivity contribution in [2.24, 2.45) is 0 Å². The standard InChI is InChI=1S/C15H20F2N2O/c1-3-19(11-6-4-5-7-11)15(20)10-8-12(16)14(18-2)13(17)9-10/h8-9,11,18H,3-7H2,1-2H3. The van der Waals surface area contributed by atoms with E-state index >= 15 is 0 Å². The van der Waals surface area contributed by atoms with Gasteiger partial charge in [0.15, 0.2) is 0 Å². The van der Waals surface area contributed by atoms with Gasteiger partial charge in [-0.15, -0.1) is 0 Å². The molecule has 1 N–H and O–H groups in total. The topological polar surface area (TPSA) is 32.3 Å². The number of benzene rings is 1. The van der Waals surface area contributed by atoms with Crippen LogP contribution in [0.2, 0.25) is 0 Å². The van der Waals surface area contributed by atoms with Crippen LogP contribution in [0.5, 0.6) is 0 Å². The van der Waals surface area contributed by atoms with Gasteiger partial charge in [0.05, 0.1) is 0 Å². The number of carbonyl (C=O) groups is 1. The zero-order chi connectivity index (χ0) is 14.7. The molecular formula is C15H20F2N2O. The first-order valence-electron chi connectivity index (χ1n) is 7.06. The predicted molar refractivity (Wildman–Crippen MR) is 74.9 cm³/mol. The van der Waals surface area contributed by atoms with Crippen molar-refractivity contribution in [3.63, 3.8) is 0 Å². The van der Waals surface area contributed by atoms with E-state index in [4.69, 9.17) is 0 Å². The summed E-state index contributed by atoms with van der Waals surface area (Å²) in [5.41, 5.74) is -0.127. The minimum atomic E-state index is -0.738. The van der Waals surface area contributed by atoms with Crippen LogP contribution in [0.15, 0.2) is 12.1 Å². The van der Waals surface area contributed by atoms with E-state index in [2.05, 4.69) is 5.32 Å². The SMILES string of the molecule is CCN(C(=O)c1cc(F)c(NC)c(F)c1)C1CCCC1. The molecule has 0 radical (unpaired) electrons. The van der Waals surface area contributed by atoms with Crippen molar-refractivity contribution in [1.29, 1.82) is 0 Å². The first-order chi connectivity index (χ1) is 9.58. The van der Waals surface area contributed by atoms with Crippen LogP contribution >= 0.6 is 0 Å². The van der Waals surface area contributed by atoms with Crippen LogP contribution < -0.4 is 5.32 Å². The Bertz CT molecular complexity index is 476. The predicted octanol–water partition coefficient (Wildman–Crippen LogP) is 3.41. The number of anilines is 1. The summed E-state index contributed by atoms with van der Waals surface area (Å²) >= 11 is 0. The summed E-state index contributed by atoms with van der Waals surface area (Å²) in [4.78, 5) is 14.2. The molecule has 0 spiro atoms. The zero-order valence-corrected chi connectivity index (χ0v) is 11.9. The van der Waals surface area contributed by atoms with Crippen LogP contribution in [-0.4, -0.2) is 30.4 Å². The van der Waals surface area contributed by atoms with Gasteiger partial charge in [-0.25, -0.2) is 8.78 Å². The van der Waals surface area contributed by atoms with Gasteiger partial charge in [0.1, 0.15) is 17.3 Å². The highest BCUT2D eigenvalue weighted by Gasteiger charge is 2.27. The number of nitrogens with zero attached hydrogens (tertiary/aromatic N) is 1. The van der Waals surface area contributed by atoms with Crippen molar-refractivity contribution in [2.75, 3.05) is 18.9 Å². The largest absolute Gasteiger partial charge is 0.383 e. The molecule has 0 saturated heterocycles. The molecule has 3 nitrogen and oxygen atoms in total. The van der Waals surface area contributed by atoms with Crippen molar-refractivity contribution in [3.05, 3.63) is 29.3 Å². The third-order valence-corrected chi connectivity index (χ3v) is 3.91. The Morgan fingerprint density at radius 1 is 1.30 bits per heavy atom. The lowest BCUT2D eigenvalue weighted by atomic mass is 10.1. The first-order valence-corrected chi connectivity index (χ1v) is 7.06. The number of hydrogen-bond acceptors (Lipinski definition) is 2. The molecule has 0 heterocycles. The molecule has 0 atom stereocenters. The monoisotopic (exact) mass is 282 g/mol. The molecule has 1 aromatic rings. The molecule has 1 fully saturated rings. The summed E-state index contributed by atoms with van der Waals surface area (Å²) in [5.74, 6) is -1.77. The highest BCUT2D eigenvalue weighted by atomic mass is 19.1. The van der Waals surface area contributed by atoms with Crippen molar-refractivity contribution >= 4 is 11.6 Å². The zero-order valence-electron chi connectivity index (χ0n) is 11.9. The van der Waals surface area contributed by atoms with Gasteiger partial charge in [-0.05, 0) is 31.9 Å². The molecule has 1 aliphatic carbocycles. The Labute approximate surface area is 118 Å². The van der Waals surface area contributed by atoms with E-state index in [9.17, 15) is 13.6 Å². The maximum atomic E-state index is 13.7. The number of carbonyl (C=O) groups excluding carboxylic acids is 1. The second kappa shape index (κ2) is 6.20. The Balaban J connectivity index is 2.27. The summed E-state index contributed by atoms with van der Waals surface area (Å²) in [6, 6.07) is 2.41. The van der Waals surface area contributed by atoms with E-state index in [0.717, 1.165) is 37.8 Å². The average molecular weight is 282 g/mol. The van der Waals surface area contributed by atoms with Crippen molar-refractivity contribution in [3.8, 4) is 0 Å². The Hall–Kier alpha value is -1.65. The van der Waals surface area contributed by atoms with Gasteiger partial charge >= 0.3 is 0 Å². The Kier molecular flexibility index (Phi) is 4.57. The number of amides is 1.